The molecule has 9 nitrogen and oxygen atoms in total. The van der Waals surface area contributed by atoms with Gasteiger partial charge >= 0.3 is 0 Å². The van der Waals surface area contributed by atoms with E-state index in [4.69, 9.17) is 0 Å². The summed E-state index contributed by atoms with van der Waals surface area (Å²) in [6, 6.07) is 9.99. The lowest BCUT2D eigenvalue weighted by molar-refractivity contribution is -0.384. The van der Waals surface area contributed by atoms with Crippen LogP contribution >= 0.6 is 0 Å². The van der Waals surface area contributed by atoms with Crippen molar-refractivity contribution < 1.29 is 18.1 Å². The zero-order chi connectivity index (χ0) is 22.6. The van der Waals surface area contributed by atoms with E-state index in [1.807, 2.05) is 11.8 Å². The van der Waals surface area contributed by atoms with Gasteiger partial charge in [0.1, 0.15) is 10.7 Å². The Bertz CT molecular complexity index is 1140. The number of amidine groups is 1. The molecule has 1 heterocycles. The van der Waals surface area contributed by atoms with Crippen molar-refractivity contribution in [2.24, 2.45) is 4.40 Å². The molecule has 3 rings (SSSR count). The molecule has 2 aromatic rings. The van der Waals surface area contributed by atoms with Crippen LogP contribution in [0.4, 0.5) is 17.1 Å². The van der Waals surface area contributed by atoms with Crippen LogP contribution < -0.4 is 10.2 Å². The van der Waals surface area contributed by atoms with Gasteiger partial charge < -0.3 is 10.2 Å². The number of hydrogen-bond donors (Lipinski definition) is 1. The lowest BCUT2D eigenvalue weighted by atomic mass is 10.1. The summed E-state index contributed by atoms with van der Waals surface area (Å²) < 4.78 is 29.6. The molecule has 0 bridgehead atoms. The quantitative estimate of drug-likeness (QED) is 0.477. The second kappa shape index (κ2) is 9.25. The van der Waals surface area contributed by atoms with Gasteiger partial charge in [-0.25, -0.2) is 0 Å². The summed E-state index contributed by atoms with van der Waals surface area (Å²) in [6.45, 7) is 4.68. The van der Waals surface area contributed by atoms with Crippen LogP contribution in [0.5, 0.6) is 0 Å². The maximum Gasteiger partial charge on any atom is 0.286 e. The maximum atomic E-state index is 12.8. The number of carbonyl (C=O) groups excluding carboxylic acids is 1. The first-order chi connectivity index (χ1) is 14.8. The summed E-state index contributed by atoms with van der Waals surface area (Å²) in [5, 5.41) is 13.5. The number of sulfonamides is 1. The number of hydrogen-bond acceptors (Lipinski definition) is 6. The van der Waals surface area contributed by atoms with Crippen LogP contribution in [-0.4, -0.2) is 31.6 Å². The molecule has 2 aromatic carbocycles. The molecular formula is C21H24N4O5S. The molecule has 0 radical (unpaired) electrons. The summed E-state index contributed by atoms with van der Waals surface area (Å²) in [4.78, 5) is 24.8. The number of nitrogens with one attached hydrogen (secondary N) is 1. The SMILES string of the molecule is CCCCN1C(CCC)=NS(=O)(=O)c2cc(NC(=O)c3cccc([N+](=O)[O-])c3)ccc21. The van der Waals surface area contributed by atoms with Gasteiger partial charge in [-0.2, -0.15) is 8.42 Å². The van der Waals surface area contributed by atoms with Crippen LogP contribution in [0, 0.1) is 10.1 Å². The smallest absolute Gasteiger partial charge is 0.286 e. The molecule has 164 valence electrons. The summed E-state index contributed by atoms with van der Waals surface area (Å²) >= 11 is 0. The number of carbonyl (C=O) groups is 1. The highest BCUT2D eigenvalue weighted by atomic mass is 32.2. The third-order valence-corrected chi connectivity index (χ3v) is 6.19. The third-order valence-electron chi connectivity index (χ3n) is 4.85. The zero-order valence-corrected chi connectivity index (χ0v) is 18.2. The minimum Gasteiger partial charge on any atom is -0.328 e. The van der Waals surface area contributed by atoms with Gasteiger partial charge in [0.15, 0.2) is 0 Å². The Morgan fingerprint density at radius 2 is 1.94 bits per heavy atom. The van der Waals surface area contributed by atoms with Crippen molar-refractivity contribution in [3.8, 4) is 0 Å². The average molecular weight is 445 g/mol. The number of nitrogens with zero attached hydrogens (tertiary/aromatic N) is 3. The van der Waals surface area contributed by atoms with Crippen LogP contribution in [0.15, 0.2) is 51.8 Å². The number of fused-ring (bicyclic) bond motifs is 1. The summed E-state index contributed by atoms with van der Waals surface area (Å²) in [5.41, 5.74) is 0.705. The highest BCUT2D eigenvalue weighted by Gasteiger charge is 2.30. The molecule has 31 heavy (non-hydrogen) atoms. The van der Waals surface area contributed by atoms with Crippen molar-refractivity contribution >= 4 is 38.8 Å². The molecule has 1 aliphatic heterocycles. The van der Waals surface area contributed by atoms with Crippen LogP contribution in [0.1, 0.15) is 49.9 Å². The molecule has 1 amide bonds. The van der Waals surface area contributed by atoms with E-state index in [2.05, 4.69) is 16.6 Å². The number of nitro groups is 1. The standard InChI is InChI=1S/C21H24N4O5S/c1-3-5-12-24-18-11-10-16(14-19(18)31(29,30)23-20(24)7-4-2)22-21(26)15-8-6-9-17(13-15)25(27)28/h6,8-11,13-14H,3-5,7,12H2,1-2H3,(H,22,26). The summed E-state index contributed by atoms with van der Waals surface area (Å²) in [6.07, 6.45) is 3.15. The Balaban J connectivity index is 1.93. The van der Waals surface area contributed by atoms with Crippen LogP contribution in [0.25, 0.3) is 0 Å². The van der Waals surface area contributed by atoms with Gasteiger partial charge in [-0.1, -0.05) is 26.3 Å². The van der Waals surface area contributed by atoms with E-state index in [9.17, 15) is 23.3 Å². The van der Waals surface area contributed by atoms with Crippen molar-refractivity contribution in [1.29, 1.82) is 0 Å². The molecular weight excluding hydrogens is 420 g/mol. The first-order valence-corrected chi connectivity index (χ1v) is 11.5. The van der Waals surface area contributed by atoms with E-state index >= 15 is 0 Å². The number of benzene rings is 2. The fraction of sp³-hybridized carbons (Fsp3) is 0.333. The Hall–Kier alpha value is -3.27. The van der Waals surface area contributed by atoms with Crippen molar-refractivity contribution in [3.05, 3.63) is 58.1 Å². The van der Waals surface area contributed by atoms with Gasteiger partial charge in [-0.15, -0.1) is 4.40 Å². The molecule has 0 fully saturated rings. The van der Waals surface area contributed by atoms with E-state index in [0.29, 0.717) is 24.5 Å². The van der Waals surface area contributed by atoms with Crippen molar-refractivity contribution in [2.45, 2.75) is 44.4 Å². The number of rotatable bonds is 8. The number of nitro benzene ring substituents is 1. The first kappa shape index (κ1) is 22.4. The number of unbranched alkanes of at least 4 members (excludes halogenated alkanes) is 1. The molecule has 0 spiro atoms. The molecule has 1 N–H and O–H groups in total. The molecule has 1 aliphatic rings. The summed E-state index contributed by atoms with van der Waals surface area (Å²) in [5.74, 6) is -0.0494. The molecule has 0 unspecified atom stereocenters. The Morgan fingerprint density at radius 3 is 2.61 bits per heavy atom. The van der Waals surface area contributed by atoms with E-state index in [0.717, 1.165) is 25.3 Å². The molecule has 0 aromatic heterocycles. The first-order valence-electron chi connectivity index (χ1n) is 10.1. The van der Waals surface area contributed by atoms with Crippen LogP contribution in [0.2, 0.25) is 0 Å². The van der Waals surface area contributed by atoms with Crippen LogP contribution in [-0.2, 0) is 10.0 Å². The van der Waals surface area contributed by atoms with E-state index in [1.54, 1.807) is 12.1 Å². The molecule has 0 saturated heterocycles. The maximum absolute atomic E-state index is 12.8. The highest BCUT2D eigenvalue weighted by molar-refractivity contribution is 7.90. The van der Waals surface area contributed by atoms with E-state index in [-0.39, 0.29) is 21.8 Å². The lowest BCUT2D eigenvalue weighted by Crippen LogP contribution is -2.36. The van der Waals surface area contributed by atoms with Gasteiger partial charge in [0.05, 0.1) is 10.6 Å². The number of non-ortho nitro benzene ring substituents is 1. The summed E-state index contributed by atoms with van der Waals surface area (Å²) in [7, 11) is -3.91. The van der Waals surface area contributed by atoms with Crippen molar-refractivity contribution in [2.75, 3.05) is 16.8 Å². The predicted molar refractivity (Wildman–Crippen MR) is 119 cm³/mol. The molecule has 0 atom stereocenters. The largest absolute Gasteiger partial charge is 0.328 e. The second-order valence-corrected chi connectivity index (χ2v) is 8.75. The second-order valence-electron chi connectivity index (χ2n) is 7.18. The monoisotopic (exact) mass is 444 g/mol. The fourth-order valence-corrected chi connectivity index (χ4v) is 4.62. The Kier molecular flexibility index (Phi) is 6.69. The predicted octanol–water partition coefficient (Wildman–Crippen LogP) is 4.35. The number of anilines is 2. The normalized spacial score (nSPS) is 14.5. The van der Waals surface area contributed by atoms with Gasteiger partial charge in [0.2, 0.25) is 0 Å². The fourth-order valence-electron chi connectivity index (χ4n) is 3.33. The Morgan fingerprint density at radius 1 is 1.16 bits per heavy atom. The zero-order valence-electron chi connectivity index (χ0n) is 17.4. The van der Waals surface area contributed by atoms with Gasteiger partial charge in [0.25, 0.3) is 21.6 Å². The molecule has 0 saturated carbocycles. The number of amides is 1. The van der Waals surface area contributed by atoms with Gasteiger partial charge in [-0.3, -0.25) is 14.9 Å². The van der Waals surface area contributed by atoms with E-state index < -0.39 is 20.9 Å². The third kappa shape index (κ3) is 4.91. The van der Waals surface area contributed by atoms with Gasteiger partial charge in [-0.05, 0) is 37.1 Å². The minimum absolute atomic E-state index is 0.0281. The van der Waals surface area contributed by atoms with Crippen molar-refractivity contribution in [3.63, 3.8) is 0 Å². The highest BCUT2D eigenvalue weighted by Crippen LogP contribution is 2.35. The molecule has 10 heteroatoms. The van der Waals surface area contributed by atoms with E-state index in [1.165, 1.54) is 24.3 Å². The minimum atomic E-state index is -3.91. The average Bonchev–Trinajstić information content (AvgIpc) is 2.74. The van der Waals surface area contributed by atoms with Crippen LogP contribution in [0.3, 0.4) is 0 Å². The molecule has 0 aliphatic carbocycles. The topological polar surface area (TPSA) is 122 Å². The lowest BCUT2D eigenvalue weighted by Gasteiger charge is -2.31. The van der Waals surface area contributed by atoms with Crippen molar-refractivity contribution in [1.82, 2.24) is 0 Å². The van der Waals surface area contributed by atoms with Gasteiger partial charge in [0, 0.05) is 36.3 Å². The Labute approximate surface area is 181 Å².